The van der Waals surface area contributed by atoms with Gasteiger partial charge in [0.1, 0.15) is 5.82 Å². The number of nitrogens with one attached hydrogen (secondary N) is 1. The quantitative estimate of drug-likeness (QED) is 0.776. The molecule has 102 valence electrons. The minimum Gasteiger partial charge on any atom is -0.383 e. The summed E-state index contributed by atoms with van der Waals surface area (Å²) in [5.41, 5.74) is 10.2. The van der Waals surface area contributed by atoms with Crippen LogP contribution in [0.3, 0.4) is 0 Å². The van der Waals surface area contributed by atoms with E-state index < -0.39 is 0 Å². The molecule has 1 unspecified atom stereocenters. The third-order valence-corrected chi connectivity index (χ3v) is 4.20. The van der Waals surface area contributed by atoms with Gasteiger partial charge < -0.3 is 11.1 Å². The zero-order valence-corrected chi connectivity index (χ0v) is 12.2. The predicted octanol–water partition coefficient (Wildman–Crippen LogP) is 2.89. The van der Waals surface area contributed by atoms with Crippen molar-refractivity contribution in [3.05, 3.63) is 52.7 Å². The summed E-state index contributed by atoms with van der Waals surface area (Å²) in [6.45, 7) is 2.02. The Morgan fingerprint density at radius 1 is 1.25 bits per heavy atom. The van der Waals surface area contributed by atoms with Crippen LogP contribution >= 0.6 is 11.3 Å². The summed E-state index contributed by atoms with van der Waals surface area (Å²) in [6.07, 6.45) is 3.68. The van der Waals surface area contributed by atoms with Crippen LogP contribution in [0.2, 0.25) is 0 Å². The van der Waals surface area contributed by atoms with Gasteiger partial charge in [-0.1, -0.05) is 0 Å². The maximum absolute atomic E-state index is 6.03. The normalized spacial score (nSPS) is 12.7. The molecule has 0 aliphatic heterocycles. The second-order valence-corrected chi connectivity index (χ2v) is 5.73. The smallest absolute Gasteiger partial charge is 0.128 e. The van der Waals surface area contributed by atoms with Gasteiger partial charge in [-0.05, 0) is 48.7 Å². The molecule has 0 radical (unpaired) electrons. The lowest BCUT2D eigenvalue weighted by molar-refractivity contribution is 0.689. The number of hydrogen-bond donors (Lipinski definition) is 2. The molecular weight excluding hydrogens is 268 g/mol. The zero-order valence-electron chi connectivity index (χ0n) is 11.4. The Morgan fingerprint density at radius 2 is 2.10 bits per heavy atom. The van der Waals surface area contributed by atoms with Crippen molar-refractivity contribution < 1.29 is 0 Å². The highest BCUT2D eigenvalue weighted by atomic mass is 32.1. The fourth-order valence-electron chi connectivity index (χ4n) is 2.35. The average Bonchev–Trinajstić information content (AvgIpc) is 2.91. The van der Waals surface area contributed by atoms with Crippen LogP contribution < -0.4 is 11.1 Å². The second kappa shape index (κ2) is 5.19. The van der Waals surface area contributed by atoms with Gasteiger partial charge in [0.15, 0.2) is 0 Å². The molecule has 0 aliphatic carbocycles. The van der Waals surface area contributed by atoms with E-state index in [1.165, 1.54) is 4.70 Å². The van der Waals surface area contributed by atoms with Gasteiger partial charge in [-0.2, -0.15) is 0 Å². The Hall–Kier alpha value is -1.98. The highest BCUT2D eigenvalue weighted by Gasteiger charge is 2.17. The molecule has 1 atom stereocenters. The van der Waals surface area contributed by atoms with E-state index in [4.69, 9.17) is 5.73 Å². The third kappa shape index (κ3) is 2.26. The first kappa shape index (κ1) is 13.0. The van der Waals surface area contributed by atoms with Crippen molar-refractivity contribution in [1.29, 1.82) is 0 Å². The van der Waals surface area contributed by atoms with E-state index in [0.717, 1.165) is 22.2 Å². The molecule has 0 saturated heterocycles. The summed E-state index contributed by atoms with van der Waals surface area (Å²) in [5, 5.41) is 5.36. The van der Waals surface area contributed by atoms with Gasteiger partial charge in [0.2, 0.25) is 0 Å². The molecule has 0 amide bonds. The number of thiophene rings is 1. The first-order chi connectivity index (χ1) is 9.69. The highest BCUT2D eigenvalue weighted by molar-refractivity contribution is 7.17. The number of aryl methyl sites for hydroxylation is 1. The first-order valence-electron chi connectivity index (χ1n) is 6.41. The van der Waals surface area contributed by atoms with Gasteiger partial charge in [-0.3, -0.25) is 4.98 Å². The van der Waals surface area contributed by atoms with Crippen LogP contribution in [0.1, 0.15) is 22.7 Å². The maximum atomic E-state index is 6.03. The fourth-order valence-corrected chi connectivity index (χ4v) is 3.14. The van der Waals surface area contributed by atoms with Crippen molar-refractivity contribution >= 4 is 27.4 Å². The van der Waals surface area contributed by atoms with E-state index in [-0.39, 0.29) is 6.04 Å². The van der Waals surface area contributed by atoms with Crippen LogP contribution in [-0.2, 0) is 0 Å². The number of fused-ring (bicyclic) bond motifs is 1. The molecule has 0 bridgehead atoms. The number of rotatable bonds is 3. The van der Waals surface area contributed by atoms with Gasteiger partial charge in [0, 0.05) is 18.0 Å². The molecule has 0 saturated carbocycles. The molecule has 3 N–H and O–H groups in total. The van der Waals surface area contributed by atoms with Crippen LogP contribution in [0.4, 0.5) is 5.82 Å². The molecule has 3 rings (SSSR count). The van der Waals surface area contributed by atoms with Crippen LogP contribution in [-0.4, -0.2) is 17.0 Å². The molecule has 3 heterocycles. The Morgan fingerprint density at radius 3 is 2.90 bits per heavy atom. The Balaban J connectivity index is 2.10. The molecule has 0 aliphatic rings. The number of anilines is 1. The predicted molar refractivity (Wildman–Crippen MR) is 83.9 cm³/mol. The molecule has 3 aromatic heterocycles. The number of pyridine rings is 2. The lowest BCUT2D eigenvalue weighted by Crippen LogP contribution is -2.19. The number of nitrogens with two attached hydrogens (primary N) is 1. The van der Waals surface area contributed by atoms with Gasteiger partial charge in [0.05, 0.1) is 16.3 Å². The van der Waals surface area contributed by atoms with Gasteiger partial charge in [-0.15, -0.1) is 11.3 Å². The largest absolute Gasteiger partial charge is 0.383 e. The van der Waals surface area contributed by atoms with E-state index in [9.17, 15) is 0 Å². The minimum absolute atomic E-state index is 0.00130. The minimum atomic E-state index is 0.00130. The molecule has 0 spiro atoms. The van der Waals surface area contributed by atoms with Crippen molar-refractivity contribution in [2.24, 2.45) is 0 Å². The van der Waals surface area contributed by atoms with Crippen molar-refractivity contribution in [2.45, 2.75) is 13.0 Å². The second-order valence-electron chi connectivity index (χ2n) is 4.78. The molecule has 4 nitrogen and oxygen atoms in total. The Bertz CT molecular complexity index is 750. The van der Waals surface area contributed by atoms with Crippen molar-refractivity contribution in [1.82, 2.24) is 15.3 Å². The summed E-state index contributed by atoms with van der Waals surface area (Å²) >= 11 is 1.69. The van der Waals surface area contributed by atoms with E-state index in [2.05, 4.69) is 32.8 Å². The molecule has 0 fully saturated rings. The highest BCUT2D eigenvalue weighted by Crippen LogP contribution is 2.29. The SMILES string of the molecule is CNC(c1cnc2ccsc2c1)c1cc(C)cnc1N. The topological polar surface area (TPSA) is 63.8 Å². The molecular formula is C15H16N4S. The molecule has 3 aromatic rings. The van der Waals surface area contributed by atoms with E-state index >= 15 is 0 Å². The summed E-state index contributed by atoms with van der Waals surface area (Å²) in [4.78, 5) is 8.74. The number of nitrogens with zero attached hydrogens (tertiary/aromatic N) is 2. The Labute approximate surface area is 121 Å². The first-order valence-corrected chi connectivity index (χ1v) is 7.29. The standard InChI is InChI=1S/C15H16N4S/c1-9-5-11(15(16)19-7-9)14(17-2)10-6-13-12(18-8-10)3-4-20-13/h3-8,14,17H,1-2H3,(H2,16,19). The van der Waals surface area contributed by atoms with Crippen LogP contribution in [0.5, 0.6) is 0 Å². The van der Waals surface area contributed by atoms with E-state index in [0.29, 0.717) is 5.82 Å². The van der Waals surface area contributed by atoms with Gasteiger partial charge in [-0.25, -0.2) is 4.98 Å². The fraction of sp³-hybridized carbons (Fsp3) is 0.200. The summed E-state index contributed by atoms with van der Waals surface area (Å²) in [5.74, 6) is 0.557. The molecule has 5 heteroatoms. The monoisotopic (exact) mass is 284 g/mol. The number of aromatic nitrogens is 2. The van der Waals surface area contributed by atoms with Gasteiger partial charge >= 0.3 is 0 Å². The molecule has 20 heavy (non-hydrogen) atoms. The maximum Gasteiger partial charge on any atom is 0.128 e. The van der Waals surface area contributed by atoms with Crippen molar-refractivity contribution in [2.75, 3.05) is 12.8 Å². The lowest BCUT2D eigenvalue weighted by atomic mass is 9.99. The summed E-state index contributed by atoms with van der Waals surface area (Å²) < 4.78 is 1.18. The molecule has 0 aromatic carbocycles. The third-order valence-electron chi connectivity index (χ3n) is 3.34. The van der Waals surface area contributed by atoms with Crippen molar-refractivity contribution in [3.63, 3.8) is 0 Å². The lowest BCUT2D eigenvalue weighted by Gasteiger charge is -2.18. The summed E-state index contributed by atoms with van der Waals surface area (Å²) in [6, 6.07) is 6.26. The summed E-state index contributed by atoms with van der Waals surface area (Å²) in [7, 11) is 1.92. The number of hydrogen-bond acceptors (Lipinski definition) is 5. The van der Waals surface area contributed by atoms with E-state index in [1.807, 2.05) is 26.2 Å². The number of nitrogen functional groups attached to an aromatic ring is 1. The average molecular weight is 284 g/mol. The van der Waals surface area contributed by atoms with Crippen LogP contribution in [0, 0.1) is 6.92 Å². The zero-order chi connectivity index (χ0) is 14.1. The van der Waals surface area contributed by atoms with Gasteiger partial charge in [0.25, 0.3) is 0 Å². The van der Waals surface area contributed by atoms with E-state index in [1.54, 1.807) is 17.5 Å². The van der Waals surface area contributed by atoms with Crippen LogP contribution in [0.15, 0.2) is 36.0 Å². The van der Waals surface area contributed by atoms with Crippen molar-refractivity contribution in [3.8, 4) is 0 Å². The Kier molecular flexibility index (Phi) is 3.38. The van der Waals surface area contributed by atoms with Crippen LogP contribution in [0.25, 0.3) is 10.2 Å².